The van der Waals surface area contributed by atoms with Crippen LogP contribution in [-0.4, -0.2) is 65.5 Å². The van der Waals surface area contributed by atoms with E-state index in [4.69, 9.17) is 41.4 Å². The molecule has 5 aromatic carbocycles. The minimum atomic E-state index is -3.66. The molecule has 0 saturated carbocycles. The average molecular weight is 863 g/mol. The zero-order valence-corrected chi connectivity index (χ0v) is 39.7. The molecule has 0 amide bonds. The summed E-state index contributed by atoms with van der Waals surface area (Å²) in [6, 6.07) is 25.6. The standard InChI is InChI=1S/C51H62O10Si/c1-47(2,3)59-62(60-48(4,5)6,61-49(7,8)9)57-28-27-56-36-22-17-33(18-23-36)51(32-15-20-35(53-12)21-16-32)26-25-38-45-44(37-24-19-34(52)29-41(37)50(45,10)11)39-30-42(54-13)43(55-14)31-40(39)46(38)58-51/h15-26,29-31,52H,27-28H2,1-14H3. The molecule has 2 aliphatic rings. The fraction of sp³-hybridized carbons (Fsp3) is 0.412. The predicted molar refractivity (Wildman–Crippen MR) is 246 cm³/mol. The number of rotatable bonds is 13. The quantitative estimate of drug-likeness (QED) is 0.0909. The lowest BCUT2D eigenvalue weighted by molar-refractivity contribution is -0.135. The molecule has 0 spiro atoms. The summed E-state index contributed by atoms with van der Waals surface area (Å²) in [6.45, 7) is 22.5. The van der Waals surface area contributed by atoms with Gasteiger partial charge >= 0.3 is 9.05 Å². The van der Waals surface area contributed by atoms with Gasteiger partial charge in [0.05, 0.1) is 44.7 Å². The van der Waals surface area contributed by atoms with E-state index >= 15 is 0 Å². The van der Waals surface area contributed by atoms with Crippen LogP contribution in [0.15, 0.2) is 84.9 Å². The Morgan fingerprint density at radius 2 is 1.16 bits per heavy atom. The fourth-order valence-electron chi connectivity index (χ4n) is 8.51. The molecule has 330 valence electrons. The van der Waals surface area contributed by atoms with Gasteiger partial charge in [0.1, 0.15) is 29.6 Å². The molecule has 62 heavy (non-hydrogen) atoms. The third-order valence-corrected chi connectivity index (χ3v) is 14.0. The number of methoxy groups -OCH3 is 3. The van der Waals surface area contributed by atoms with E-state index < -0.39 is 36.9 Å². The van der Waals surface area contributed by atoms with Crippen LogP contribution in [0.2, 0.25) is 0 Å². The van der Waals surface area contributed by atoms with Gasteiger partial charge < -0.3 is 46.5 Å². The first-order valence-electron chi connectivity index (χ1n) is 21.1. The number of fused-ring (bicyclic) bond motifs is 8. The average Bonchev–Trinajstić information content (AvgIpc) is 3.42. The van der Waals surface area contributed by atoms with Gasteiger partial charge in [-0.25, -0.2) is 0 Å². The third kappa shape index (κ3) is 8.78. The number of phenols is 1. The second-order valence-electron chi connectivity index (χ2n) is 19.4. The Hall–Kier alpha value is -5.04. The molecule has 7 rings (SSSR count). The lowest BCUT2D eigenvalue weighted by Gasteiger charge is -2.41. The van der Waals surface area contributed by atoms with Gasteiger partial charge in [-0.15, -0.1) is 0 Å². The molecule has 10 nitrogen and oxygen atoms in total. The maximum absolute atomic E-state index is 10.7. The molecule has 0 radical (unpaired) electrons. The monoisotopic (exact) mass is 862 g/mol. The van der Waals surface area contributed by atoms with E-state index in [1.807, 2.05) is 135 Å². The number of ether oxygens (including phenoxy) is 5. The van der Waals surface area contributed by atoms with Crippen LogP contribution < -0.4 is 23.7 Å². The summed E-state index contributed by atoms with van der Waals surface area (Å²) in [6.07, 6.45) is 4.32. The molecule has 0 fully saturated rings. The van der Waals surface area contributed by atoms with Crippen molar-refractivity contribution in [3.8, 4) is 45.6 Å². The van der Waals surface area contributed by atoms with Gasteiger partial charge in [0.15, 0.2) is 17.1 Å². The SMILES string of the molecule is COc1ccc(C2(c3ccc(OCCO[Si](OC(C)(C)C)(OC(C)(C)C)OC(C)(C)C)cc3)C=Cc3c4c(c5cc(OC)c(OC)cc5c3O2)-c2ccc(O)cc2C4(C)C)cc1. The van der Waals surface area contributed by atoms with E-state index in [9.17, 15) is 5.11 Å². The molecule has 1 N–H and O–H groups in total. The van der Waals surface area contributed by atoms with Crippen LogP contribution in [0.25, 0.3) is 28.0 Å². The highest BCUT2D eigenvalue weighted by Crippen LogP contribution is 2.59. The van der Waals surface area contributed by atoms with Crippen molar-refractivity contribution < 1.29 is 46.5 Å². The summed E-state index contributed by atoms with van der Waals surface area (Å²) in [4.78, 5) is 0. The van der Waals surface area contributed by atoms with Crippen LogP contribution in [0.5, 0.6) is 34.5 Å². The highest BCUT2D eigenvalue weighted by atomic mass is 28.4. The maximum atomic E-state index is 10.7. The van der Waals surface area contributed by atoms with E-state index in [-0.39, 0.29) is 19.0 Å². The Kier molecular flexibility index (Phi) is 11.8. The second-order valence-corrected chi connectivity index (χ2v) is 21.3. The van der Waals surface area contributed by atoms with Crippen molar-refractivity contribution in [2.75, 3.05) is 34.5 Å². The molecule has 1 atom stereocenters. The molecular weight excluding hydrogens is 801 g/mol. The van der Waals surface area contributed by atoms with Crippen molar-refractivity contribution in [1.82, 2.24) is 0 Å². The molecule has 0 saturated heterocycles. The van der Waals surface area contributed by atoms with Gasteiger partial charge in [0.25, 0.3) is 0 Å². The van der Waals surface area contributed by atoms with Gasteiger partial charge in [-0.05, 0) is 145 Å². The first-order chi connectivity index (χ1) is 29.0. The minimum Gasteiger partial charge on any atom is -0.508 e. The van der Waals surface area contributed by atoms with E-state index in [0.29, 0.717) is 23.0 Å². The lowest BCUT2D eigenvalue weighted by Crippen LogP contribution is -2.59. The smallest absolute Gasteiger partial charge is 0.508 e. The Bertz CT molecular complexity index is 2430. The zero-order valence-electron chi connectivity index (χ0n) is 38.7. The topological polar surface area (TPSA) is 103 Å². The minimum absolute atomic E-state index is 0.181. The van der Waals surface area contributed by atoms with Crippen LogP contribution in [0.1, 0.15) is 104 Å². The molecule has 1 unspecified atom stereocenters. The number of aromatic hydroxyl groups is 1. The number of phenolic OH excluding ortho intramolecular Hbond substituents is 1. The molecule has 11 heteroatoms. The molecule has 1 aliphatic heterocycles. The molecule has 0 bridgehead atoms. The predicted octanol–water partition coefficient (Wildman–Crippen LogP) is 11.5. The molecule has 1 heterocycles. The van der Waals surface area contributed by atoms with Crippen molar-refractivity contribution in [2.24, 2.45) is 0 Å². The molecule has 1 aliphatic carbocycles. The first kappa shape index (κ1) is 45.0. The Morgan fingerprint density at radius 1 is 0.629 bits per heavy atom. The first-order valence-corrected chi connectivity index (χ1v) is 22.8. The number of benzene rings is 5. The van der Waals surface area contributed by atoms with Crippen LogP contribution in [0, 0.1) is 0 Å². The largest absolute Gasteiger partial charge is 0.681 e. The zero-order chi connectivity index (χ0) is 45.0. The maximum Gasteiger partial charge on any atom is 0.681 e. The second kappa shape index (κ2) is 16.3. The van der Waals surface area contributed by atoms with Gasteiger partial charge in [0, 0.05) is 27.5 Å². The van der Waals surface area contributed by atoms with E-state index in [1.165, 1.54) is 0 Å². The van der Waals surface area contributed by atoms with Gasteiger partial charge in [-0.3, -0.25) is 0 Å². The molecule has 0 aromatic heterocycles. The van der Waals surface area contributed by atoms with Gasteiger partial charge in [-0.1, -0.05) is 50.3 Å². The van der Waals surface area contributed by atoms with Crippen molar-refractivity contribution >= 4 is 25.9 Å². The summed E-state index contributed by atoms with van der Waals surface area (Å²) < 4.78 is 57.0. The normalized spacial score (nSPS) is 16.9. The van der Waals surface area contributed by atoms with Crippen LogP contribution in [0.3, 0.4) is 0 Å². The summed E-state index contributed by atoms with van der Waals surface area (Å²) in [5.74, 6) is 3.52. The van der Waals surface area contributed by atoms with Gasteiger partial charge in [0.2, 0.25) is 0 Å². The molecular formula is C51H62O10Si. The van der Waals surface area contributed by atoms with E-state index in [0.717, 1.165) is 55.5 Å². The Morgan fingerprint density at radius 3 is 1.68 bits per heavy atom. The fourth-order valence-corrected chi connectivity index (χ4v) is 11.4. The van der Waals surface area contributed by atoms with Crippen molar-refractivity contribution in [3.05, 3.63) is 113 Å². The Labute approximate surface area is 368 Å². The summed E-state index contributed by atoms with van der Waals surface area (Å²) >= 11 is 0. The van der Waals surface area contributed by atoms with Gasteiger partial charge in [-0.2, -0.15) is 0 Å². The van der Waals surface area contributed by atoms with Crippen LogP contribution in [0.4, 0.5) is 0 Å². The highest BCUT2D eigenvalue weighted by molar-refractivity contribution is 6.54. The number of hydrogen-bond acceptors (Lipinski definition) is 10. The number of hydrogen-bond donors (Lipinski definition) is 1. The summed E-state index contributed by atoms with van der Waals surface area (Å²) in [7, 11) is 1.28. The van der Waals surface area contributed by atoms with Crippen molar-refractivity contribution in [3.63, 3.8) is 0 Å². The van der Waals surface area contributed by atoms with Crippen LogP contribution >= 0.6 is 0 Å². The highest BCUT2D eigenvalue weighted by Gasteiger charge is 2.54. The van der Waals surface area contributed by atoms with Crippen LogP contribution in [-0.2, 0) is 28.7 Å². The van der Waals surface area contributed by atoms with E-state index in [1.54, 1.807) is 27.4 Å². The summed E-state index contributed by atoms with van der Waals surface area (Å²) in [5, 5.41) is 12.5. The molecule has 5 aromatic rings. The van der Waals surface area contributed by atoms with Crippen molar-refractivity contribution in [1.29, 1.82) is 0 Å². The Balaban J connectivity index is 1.28. The van der Waals surface area contributed by atoms with E-state index in [2.05, 4.69) is 26.0 Å². The van der Waals surface area contributed by atoms with Crippen molar-refractivity contribution in [2.45, 2.75) is 104 Å². The third-order valence-electron chi connectivity index (χ3n) is 10.8. The lowest BCUT2D eigenvalue weighted by atomic mass is 9.76. The summed E-state index contributed by atoms with van der Waals surface area (Å²) in [5.41, 5.74) is 3.78.